The second-order valence-corrected chi connectivity index (χ2v) is 6.25. The van der Waals surface area contributed by atoms with Crippen LogP contribution in [0.3, 0.4) is 0 Å². The molecule has 0 spiro atoms. The summed E-state index contributed by atoms with van der Waals surface area (Å²) in [5.74, 6) is -0.215. The van der Waals surface area contributed by atoms with Gasteiger partial charge in [0.05, 0.1) is 23.4 Å². The molecule has 2 rings (SSSR count). The number of halogens is 1. The average Bonchev–Trinajstić information content (AvgIpc) is 2.37. The summed E-state index contributed by atoms with van der Waals surface area (Å²) in [6.45, 7) is 0. The van der Waals surface area contributed by atoms with E-state index >= 15 is 0 Å². The zero-order valence-electron chi connectivity index (χ0n) is 10.8. The smallest absolute Gasteiger partial charge is 0.184 e. The van der Waals surface area contributed by atoms with Crippen LogP contribution in [0, 0.1) is 5.82 Å². The molecular formula is C14H14FNO3S. The SMILES string of the molecule is COc1cccc(CS(=O)(=O)c2ccc(F)cc2N)c1. The van der Waals surface area contributed by atoms with E-state index in [9.17, 15) is 12.8 Å². The first-order chi connectivity index (χ1) is 9.42. The number of sulfone groups is 1. The lowest BCUT2D eigenvalue weighted by Gasteiger charge is -2.08. The summed E-state index contributed by atoms with van der Waals surface area (Å²) in [7, 11) is -2.13. The number of methoxy groups -OCH3 is 1. The van der Waals surface area contributed by atoms with E-state index in [4.69, 9.17) is 10.5 Å². The molecular weight excluding hydrogens is 281 g/mol. The van der Waals surface area contributed by atoms with Gasteiger partial charge in [-0.3, -0.25) is 0 Å². The molecule has 2 aromatic rings. The van der Waals surface area contributed by atoms with Gasteiger partial charge in [-0.25, -0.2) is 12.8 Å². The van der Waals surface area contributed by atoms with Gasteiger partial charge < -0.3 is 10.5 Å². The van der Waals surface area contributed by atoms with Gasteiger partial charge in [-0.05, 0) is 35.9 Å². The minimum absolute atomic E-state index is 0.0679. The van der Waals surface area contributed by atoms with Gasteiger partial charge in [-0.1, -0.05) is 12.1 Å². The molecule has 0 aliphatic heterocycles. The highest BCUT2D eigenvalue weighted by molar-refractivity contribution is 7.90. The number of nitrogen functional groups attached to an aromatic ring is 1. The molecule has 2 N–H and O–H groups in total. The molecule has 0 radical (unpaired) electrons. The fourth-order valence-corrected chi connectivity index (χ4v) is 3.33. The van der Waals surface area contributed by atoms with Gasteiger partial charge >= 0.3 is 0 Å². The summed E-state index contributed by atoms with van der Waals surface area (Å²) in [5, 5.41) is 0. The second-order valence-electron chi connectivity index (χ2n) is 4.29. The van der Waals surface area contributed by atoms with Crippen LogP contribution >= 0.6 is 0 Å². The van der Waals surface area contributed by atoms with Gasteiger partial charge in [0.15, 0.2) is 9.84 Å². The van der Waals surface area contributed by atoms with E-state index in [-0.39, 0.29) is 16.3 Å². The van der Waals surface area contributed by atoms with Crippen molar-refractivity contribution in [2.45, 2.75) is 10.6 Å². The van der Waals surface area contributed by atoms with Crippen LogP contribution in [0.15, 0.2) is 47.4 Å². The number of ether oxygens (including phenoxy) is 1. The third kappa shape index (κ3) is 3.08. The predicted octanol–water partition coefficient (Wildman–Crippen LogP) is 2.39. The fourth-order valence-electron chi connectivity index (χ4n) is 1.86. The Labute approximate surface area is 116 Å². The first-order valence-electron chi connectivity index (χ1n) is 5.83. The van der Waals surface area contributed by atoms with Gasteiger partial charge in [0.2, 0.25) is 0 Å². The van der Waals surface area contributed by atoms with Gasteiger partial charge in [0.1, 0.15) is 11.6 Å². The molecule has 0 aliphatic carbocycles. The highest BCUT2D eigenvalue weighted by Crippen LogP contribution is 2.24. The number of anilines is 1. The standard InChI is InChI=1S/C14H14FNO3S/c1-19-12-4-2-3-10(7-12)9-20(17,18)14-6-5-11(15)8-13(14)16/h2-8H,9,16H2,1H3. The van der Waals surface area contributed by atoms with Crippen LogP contribution in [-0.2, 0) is 15.6 Å². The number of hydrogen-bond donors (Lipinski definition) is 1. The minimum atomic E-state index is -3.63. The molecule has 0 atom stereocenters. The second kappa shape index (κ2) is 5.50. The quantitative estimate of drug-likeness (QED) is 0.694. The van der Waals surface area contributed by atoms with Gasteiger partial charge in [0, 0.05) is 0 Å². The normalized spacial score (nSPS) is 11.3. The van der Waals surface area contributed by atoms with Crippen molar-refractivity contribution in [2.24, 2.45) is 0 Å². The molecule has 4 nitrogen and oxygen atoms in total. The van der Waals surface area contributed by atoms with Crippen LogP contribution < -0.4 is 10.5 Å². The van der Waals surface area contributed by atoms with Crippen molar-refractivity contribution in [1.29, 1.82) is 0 Å². The van der Waals surface area contributed by atoms with Gasteiger partial charge in [-0.2, -0.15) is 0 Å². The summed E-state index contributed by atoms with van der Waals surface area (Å²) >= 11 is 0. The largest absolute Gasteiger partial charge is 0.497 e. The van der Waals surface area contributed by atoms with E-state index in [1.165, 1.54) is 13.2 Å². The summed E-state index contributed by atoms with van der Waals surface area (Å²) in [6.07, 6.45) is 0. The lowest BCUT2D eigenvalue weighted by Crippen LogP contribution is -2.08. The predicted molar refractivity (Wildman–Crippen MR) is 74.7 cm³/mol. The van der Waals surface area contributed by atoms with E-state index in [0.717, 1.165) is 12.1 Å². The third-order valence-electron chi connectivity index (χ3n) is 2.80. The monoisotopic (exact) mass is 295 g/mol. The summed E-state index contributed by atoms with van der Waals surface area (Å²) < 4.78 is 42.6. The van der Waals surface area contributed by atoms with Crippen LogP contribution in [0.25, 0.3) is 0 Å². The Hall–Kier alpha value is -2.08. The van der Waals surface area contributed by atoms with Crippen LogP contribution in [0.4, 0.5) is 10.1 Å². The van der Waals surface area contributed by atoms with Crippen molar-refractivity contribution in [3.63, 3.8) is 0 Å². The highest BCUT2D eigenvalue weighted by Gasteiger charge is 2.19. The molecule has 106 valence electrons. The number of rotatable bonds is 4. The third-order valence-corrected chi connectivity index (χ3v) is 4.55. The highest BCUT2D eigenvalue weighted by atomic mass is 32.2. The topological polar surface area (TPSA) is 69.4 Å². The van der Waals surface area contributed by atoms with Gasteiger partial charge in [-0.15, -0.1) is 0 Å². The maximum Gasteiger partial charge on any atom is 0.184 e. The first-order valence-corrected chi connectivity index (χ1v) is 7.48. The fraction of sp³-hybridized carbons (Fsp3) is 0.143. The summed E-state index contributed by atoms with van der Waals surface area (Å²) in [6, 6.07) is 10.0. The Morgan fingerprint density at radius 1 is 1.20 bits per heavy atom. The molecule has 0 saturated carbocycles. The Morgan fingerprint density at radius 3 is 2.60 bits per heavy atom. The lowest BCUT2D eigenvalue weighted by atomic mass is 10.2. The van der Waals surface area contributed by atoms with Crippen LogP contribution in [0.5, 0.6) is 5.75 Å². The zero-order valence-corrected chi connectivity index (χ0v) is 11.7. The molecule has 0 bridgehead atoms. The maximum atomic E-state index is 13.0. The molecule has 0 aromatic heterocycles. The van der Waals surface area contributed by atoms with Crippen molar-refractivity contribution < 1.29 is 17.5 Å². The molecule has 6 heteroatoms. The molecule has 0 aliphatic rings. The molecule has 0 unspecified atom stereocenters. The van der Waals surface area contributed by atoms with E-state index in [1.807, 2.05) is 0 Å². The maximum absolute atomic E-state index is 13.0. The Bertz CT molecular complexity index is 729. The zero-order chi connectivity index (χ0) is 14.8. The molecule has 2 aromatic carbocycles. The number of benzene rings is 2. The average molecular weight is 295 g/mol. The van der Waals surface area contributed by atoms with E-state index < -0.39 is 15.7 Å². The number of hydrogen-bond acceptors (Lipinski definition) is 4. The van der Waals surface area contributed by atoms with Crippen molar-refractivity contribution in [3.05, 3.63) is 53.8 Å². The van der Waals surface area contributed by atoms with E-state index in [1.54, 1.807) is 24.3 Å². The van der Waals surface area contributed by atoms with Crippen LogP contribution in [0.2, 0.25) is 0 Å². The minimum Gasteiger partial charge on any atom is -0.497 e. The van der Waals surface area contributed by atoms with Crippen molar-refractivity contribution in [1.82, 2.24) is 0 Å². The van der Waals surface area contributed by atoms with E-state index in [2.05, 4.69) is 0 Å². The molecule has 0 amide bonds. The molecule has 0 fully saturated rings. The summed E-state index contributed by atoms with van der Waals surface area (Å²) in [4.78, 5) is -0.0679. The lowest BCUT2D eigenvalue weighted by molar-refractivity contribution is 0.414. The van der Waals surface area contributed by atoms with E-state index in [0.29, 0.717) is 11.3 Å². The van der Waals surface area contributed by atoms with Crippen LogP contribution in [0.1, 0.15) is 5.56 Å². The Kier molecular flexibility index (Phi) is 3.94. The number of nitrogens with two attached hydrogens (primary N) is 1. The van der Waals surface area contributed by atoms with Crippen molar-refractivity contribution in [2.75, 3.05) is 12.8 Å². The van der Waals surface area contributed by atoms with Crippen LogP contribution in [-0.4, -0.2) is 15.5 Å². The van der Waals surface area contributed by atoms with Crippen molar-refractivity contribution >= 4 is 15.5 Å². The molecule has 20 heavy (non-hydrogen) atoms. The molecule has 0 heterocycles. The van der Waals surface area contributed by atoms with Gasteiger partial charge in [0.25, 0.3) is 0 Å². The molecule has 0 saturated heterocycles. The van der Waals surface area contributed by atoms with Crippen molar-refractivity contribution in [3.8, 4) is 5.75 Å². The first kappa shape index (κ1) is 14.3. The summed E-state index contributed by atoms with van der Waals surface area (Å²) in [5.41, 5.74) is 6.06. The Morgan fingerprint density at radius 2 is 1.95 bits per heavy atom. The Balaban J connectivity index is 2.35.